The quantitative estimate of drug-likeness (QED) is 0.384. The van der Waals surface area contributed by atoms with Crippen LogP contribution in [0.15, 0.2) is 77.5 Å². The summed E-state index contributed by atoms with van der Waals surface area (Å²) < 4.78 is 5.80. The maximum absolute atomic E-state index is 12.7. The van der Waals surface area contributed by atoms with Crippen molar-refractivity contribution in [3.63, 3.8) is 0 Å². The lowest BCUT2D eigenvalue weighted by Crippen LogP contribution is -2.39. The summed E-state index contributed by atoms with van der Waals surface area (Å²) in [7, 11) is 0. The maximum Gasteiger partial charge on any atom is 0.287 e. The fourth-order valence-corrected chi connectivity index (χ4v) is 4.86. The molecule has 1 saturated heterocycles. The summed E-state index contributed by atoms with van der Waals surface area (Å²) >= 11 is 0. The van der Waals surface area contributed by atoms with E-state index in [9.17, 15) is 9.59 Å². The Bertz CT molecular complexity index is 1360. The van der Waals surface area contributed by atoms with Gasteiger partial charge in [0.25, 0.3) is 5.91 Å². The summed E-state index contributed by atoms with van der Waals surface area (Å²) in [5.74, 6) is 0.564. The molecule has 2 amide bonds. The highest BCUT2D eigenvalue weighted by molar-refractivity contribution is 5.97. The molecule has 0 spiro atoms. The summed E-state index contributed by atoms with van der Waals surface area (Å²) in [4.78, 5) is 30.5. The smallest absolute Gasteiger partial charge is 0.287 e. The fourth-order valence-electron chi connectivity index (χ4n) is 4.86. The summed E-state index contributed by atoms with van der Waals surface area (Å²) in [5, 5.41) is 6.77. The van der Waals surface area contributed by atoms with E-state index in [1.807, 2.05) is 42.5 Å². The zero-order valence-electron chi connectivity index (χ0n) is 20.4. The number of hydrogen-bond acceptors (Lipinski definition) is 5. The molecule has 2 aromatic carbocycles. The van der Waals surface area contributed by atoms with Gasteiger partial charge in [0.1, 0.15) is 5.58 Å². The van der Waals surface area contributed by atoms with E-state index in [1.54, 1.807) is 18.5 Å². The van der Waals surface area contributed by atoms with Crippen LogP contribution >= 0.6 is 0 Å². The molecule has 2 N–H and O–H groups in total. The van der Waals surface area contributed by atoms with E-state index in [0.717, 1.165) is 54.7 Å². The first kappa shape index (κ1) is 23.8. The number of piperidine rings is 1. The van der Waals surface area contributed by atoms with E-state index >= 15 is 0 Å². The highest BCUT2D eigenvalue weighted by atomic mass is 16.3. The van der Waals surface area contributed by atoms with E-state index in [4.69, 9.17) is 4.42 Å². The number of rotatable bonds is 7. The van der Waals surface area contributed by atoms with Gasteiger partial charge in [0, 0.05) is 43.5 Å². The summed E-state index contributed by atoms with van der Waals surface area (Å²) in [6, 6.07) is 19.8. The number of anilines is 1. The van der Waals surface area contributed by atoms with E-state index in [0.29, 0.717) is 23.8 Å². The van der Waals surface area contributed by atoms with E-state index in [-0.39, 0.29) is 11.8 Å². The largest absolute Gasteiger partial charge is 0.451 e. The second kappa shape index (κ2) is 10.7. The van der Waals surface area contributed by atoms with Crippen LogP contribution in [0.4, 0.5) is 5.69 Å². The van der Waals surface area contributed by atoms with Crippen LogP contribution in [0, 0.1) is 0 Å². The number of nitrogens with one attached hydrogen (secondary N) is 2. The molecule has 36 heavy (non-hydrogen) atoms. The van der Waals surface area contributed by atoms with Crippen molar-refractivity contribution in [3.8, 4) is 11.1 Å². The number of benzene rings is 2. The second-order valence-electron chi connectivity index (χ2n) is 9.28. The van der Waals surface area contributed by atoms with Crippen LogP contribution in [0.3, 0.4) is 0 Å². The van der Waals surface area contributed by atoms with Gasteiger partial charge in [0.05, 0.1) is 0 Å². The number of nitrogens with zero attached hydrogens (tertiary/aromatic N) is 2. The molecule has 0 radical (unpaired) electrons. The van der Waals surface area contributed by atoms with Gasteiger partial charge in [-0.1, -0.05) is 18.2 Å². The molecule has 7 heteroatoms. The number of carbonyl (C=O) groups excluding carboxylic acids is 2. The normalized spacial score (nSPS) is 14.6. The molecule has 2 aromatic heterocycles. The van der Waals surface area contributed by atoms with Crippen molar-refractivity contribution >= 4 is 28.5 Å². The predicted molar refractivity (Wildman–Crippen MR) is 141 cm³/mol. The number of aromatic nitrogens is 1. The van der Waals surface area contributed by atoms with Gasteiger partial charge in [-0.25, -0.2) is 0 Å². The number of amides is 2. The Balaban J connectivity index is 1.11. The topological polar surface area (TPSA) is 87.5 Å². The van der Waals surface area contributed by atoms with Gasteiger partial charge < -0.3 is 20.0 Å². The predicted octanol–water partition coefficient (Wildman–Crippen LogP) is 5.06. The van der Waals surface area contributed by atoms with Crippen LogP contribution in [-0.4, -0.2) is 47.9 Å². The lowest BCUT2D eigenvalue weighted by atomic mass is 9.89. The van der Waals surface area contributed by atoms with Crippen molar-refractivity contribution in [2.45, 2.75) is 25.7 Å². The molecule has 7 nitrogen and oxygen atoms in total. The first-order valence-corrected chi connectivity index (χ1v) is 12.4. The third kappa shape index (κ3) is 5.63. The molecule has 0 unspecified atom stereocenters. The Morgan fingerprint density at radius 1 is 1.00 bits per heavy atom. The van der Waals surface area contributed by atoms with Crippen molar-refractivity contribution in [1.29, 1.82) is 0 Å². The molecule has 0 aliphatic carbocycles. The van der Waals surface area contributed by atoms with Gasteiger partial charge in [0.15, 0.2) is 5.76 Å². The fraction of sp³-hybridized carbons (Fsp3) is 0.276. The van der Waals surface area contributed by atoms with Crippen molar-refractivity contribution in [1.82, 2.24) is 15.2 Å². The van der Waals surface area contributed by atoms with Crippen LogP contribution in [0.5, 0.6) is 0 Å². The molecule has 1 aliphatic heterocycles. The number of furan rings is 1. The Labute approximate surface area is 210 Å². The number of hydrogen-bond donors (Lipinski definition) is 2. The lowest BCUT2D eigenvalue weighted by Gasteiger charge is -2.32. The lowest BCUT2D eigenvalue weighted by molar-refractivity contribution is -0.114. The van der Waals surface area contributed by atoms with Gasteiger partial charge in [-0.15, -0.1) is 0 Å². The minimum atomic E-state index is -0.193. The third-order valence-corrected chi connectivity index (χ3v) is 6.73. The molecule has 0 bridgehead atoms. The van der Waals surface area contributed by atoms with Gasteiger partial charge >= 0.3 is 0 Å². The minimum Gasteiger partial charge on any atom is -0.451 e. The molecular formula is C29H30N4O3. The van der Waals surface area contributed by atoms with Crippen molar-refractivity contribution in [3.05, 3.63) is 84.4 Å². The zero-order valence-corrected chi connectivity index (χ0v) is 20.4. The van der Waals surface area contributed by atoms with Crippen LogP contribution in [0.1, 0.15) is 41.8 Å². The Morgan fingerprint density at radius 3 is 2.58 bits per heavy atom. The summed E-state index contributed by atoms with van der Waals surface area (Å²) in [5.41, 5.74) is 4.95. The summed E-state index contributed by atoms with van der Waals surface area (Å²) in [6.45, 7) is 4.86. The van der Waals surface area contributed by atoms with Crippen LogP contribution < -0.4 is 10.6 Å². The van der Waals surface area contributed by atoms with Crippen molar-refractivity contribution in [2.24, 2.45) is 0 Å². The SMILES string of the molecule is CC(=O)Nc1cccc(C2CCN(CCNC(=O)c3cc4cc(-c5ccncc5)ccc4o3)CC2)c1. The standard InChI is InChI=1S/C29H30N4O3/c1-20(34)32-26-4-2-3-23(18-26)22-9-14-33(15-10-22)16-13-31-29(35)28-19-25-17-24(5-6-27(25)36-28)21-7-11-30-12-8-21/h2-8,11-12,17-19,22H,9-10,13-16H2,1H3,(H,31,35)(H,32,34). The zero-order chi connectivity index (χ0) is 24.9. The van der Waals surface area contributed by atoms with Crippen LogP contribution in [0.2, 0.25) is 0 Å². The molecule has 5 rings (SSSR count). The molecule has 0 saturated carbocycles. The molecule has 4 aromatic rings. The highest BCUT2D eigenvalue weighted by Gasteiger charge is 2.21. The molecule has 1 aliphatic rings. The van der Waals surface area contributed by atoms with Crippen molar-refractivity contribution in [2.75, 3.05) is 31.5 Å². The first-order chi connectivity index (χ1) is 17.5. The van der Waals surface area contributed by atoms with Gasteiger partial charge in [-0.05, 0) is 91.0 Å². The summed E-state index contributed by atoms with van der Waals surface area (Å²) in [6.07, 6.45) is 5.64. The highest BCUT2D eigenvalue weighted by Crippen LogP contribution is 2.30. The van der Waals surface area contributed by atoms with Gasteiger partial charge in [-0.2, -0.15) is 0 Å². The van der Waals surface area contributed by atoms with E-state index in [1.165, 1.54) is 12.5 Å². The van der Waals surface area contributed by atoms with Crippen LogP contribution in [0.25, 0.3) is 22.1 Å². The molecule has 1 fully saturated rings. The minimum absolute atomic E-state index is 0.0543. The van der Waals surface area contributed by atoms with Gasteiger partial charge in [0.2, 0.25) is 5.91 Å². The number of fused-ring (bicyclic) bond motifs is 1. The Morgan fingerprint density at radius 2 is 1.81 bits per heavy atom. The van der Waals surface area contributed by atoms with E-state index < -0.39 is 0 Å². The first-order valence-electron chi connectivity index (χ1n) is 12.4. The maximum atomic E-state index is 12.7. The van der Waals surface area contributed by atoms with Gasteiger partial charge in [-0.3, -0.25) is 14.6 Å². The monoisotopic (exact) mass is 482 g/mol. The number of pyridine rings is 1. The van der Waals surface area contributed by atoms with Crippen LogP contribution in [-0.2, 0) is 4.79 Å². The molecule has 0 atom stereocenters. The molecular weight excluding hydrogens is 452 g/mol. The molecule has 3 heterocycles. The number of carbonyl (C=O) groups is 2. The Hall–Kier alpha value is -3.97. The average Bonchev–Trinajstić information content (AvgIpc) is 3.33. The number of likely N-dealkylation sites (tertiary alicyclic amines) is 1. The second-order valence-corrected chi connectivity index (χ2v) is 9.28. The Kier molecular flexibility index (Phi) is 7.09. The average molecular weight is 483 g/mol. The van der Waals surface area contributed by atoms with Crippen molar-refractivity contribution < 1.29 is 14.0 Å². The van der Waals surface area contributed by atoms with E-state index in [2.05, 4.69) is 32.7 Å². The third-order valence-electron chi connectivity index (χ3n) is 6.73. The molecule has 184 valence electrons.